The summed E-state index contributed by atoms with van der Waals surface area (Å²) in [6.45, 7) is 2.91. The number of aryl methyl sites for hydroxylation is 2. The van der Waals surface area contributed by atoms with Gasteiger partial charge in [-0.2, -0.15) is 0 Å². The number of rotatable bonds is 3. The molecule has 7 heteroatoms. The fourth-order valence-corrected chi connectivity index (χ4v) is 3.59. The van der Waals surface area contributed by atoms with E-state index in [0.29, 0.717) is 0 Å². The number of benzene rings is 2. The lowest BCUT2D eigenvalue weighted by molar-refractivity contribution is 0.509. The van der Waals surface area contributed by atoms with Crippen LogP contribution >= 0.6 is 0 Å². The first-order valence-corrected chi connectivity index (χ1v) is 7.43. The van der Waals surface area contributed by atoms with Crippen LogP contribution in [0, 0.1) is 31.3 Å². The standard InChI is InChI=1S/C14H12F3NO2S/c1-8-5-10(15)6-9(2)14(8)21(19,20)18-11-3-4-12(16)13(17)7-11/h3-7,18H,1-2H3. The molecule has 2 aromatic carbocycles. The van der Waals surface area contributed by atoms with Crippen molar-refractivity contribution in [2.24, 2.45) is 0 Å². The van der Waals surface area contributed by atoms with E-state index in [1.807, 2.05) is 0 Å². The van der Waals surface area contributed by atoms with Crippen LogP contribution in [-0.4, -0.2) is 8.42 Å². The normalized spacial score (nSPS) is 11.5. The maximum absolute atomic E-state index is 13.2. The van der Waals surface area contributed by atoms with Gasteiger partial charge in [-0.15, -0.1) is 0 Å². The van der Waals surface area contributed by atoms with Crippen LogP contribution in [0.5, 0.6) is 0 Å². The molecule has 0 atom stereocenters. The van der Waals surface area contributed by atoms with E-state index in [1.54, 1.807) is 0 Å². The molecule has 0 amide bonds. The summed E-state index contributed by atoms with van der Waals surface area (Å²) in [6, 6.07) is 4.84. The third-order valence-electron chi connectivity index (χ3n) is 2.87. The Morgan fingerprint density at radius 1 is 0.905 bits per heavy atom. The zero-order chi connectivity index (χ0) is 15.8. The van der Waals surface area contributed by atoms with E-state index < -0.39 is 27.5 Å². The lowest BCUT2D eigenvalue weighted by Crippen LogP contribution is -2.16. The topological polar surface area (TPSA) is 46.2 Å². The van der Waals surface area contributed by atoms with Crippen molar-refractivity contribution in [2.75, 3.05) is 4.72 Å². The van der Waals surface area contributed by atoms with Crippen LogP contribution in [0.4, 0.5) is 18.9 Å². The minimum atomic E-state index is -4.03. The Balaban J connectivity index is 2.46. The van der Waals surface area contributed by atoms with E-state index in [4.69, 9.17) is 0 Å². The fraction of sp³-hybridized carbons (Fsp3) is 0.143. The zero-order valence-electron chi connectivity index (χ0n) is 11.2. The van der Waals surface area contributed by atoms with Crippen molar-refractivity contribution >= 4 is 15.7 Å². The van der Waals surface area contributed by atoms with Crippen molar-refractivity contribution in [3.8, 4) is 0 Å². The Kier molecular flexibility index (Phi) is 3.95. The van der Waals surface area contributed by atoms with Gasteiger partial charge in [0.25, 0.3) is 10.0 Å². The highest BCUT2D eigenvalue weighted by Gasteiger charge is 2.21. The van der Waals surface area contributed by atoms with E-state index in [9.17, 15) is 21.6 Å². The van der Waals surface area contributed by atoms with Gasteiger partial charge in [0.2, 0.25) is 0 Å². The molecule has 2 aromatic rings. The van der Waals surface area contributed by atoms with E-state index in [2.05, 4.69) is 4.72 Å². The van der Waals surface area contributed by atoms with Crippen molar-refractivity contribution in [3.05, 3.63) is 58.9 Å². The second kappa shape index (κ2) is 5.40. The predicted molar refractivity (Wildman–Crippen MR) is 73.0 cm³/mol. The molecule has 0 bridgehead atoms. The monoisotopic (exact) mass is 315 g/mol. The molecule has 0 radical (unpaired) electrons. The first-order chi connectivity index (χ1) is 9.70. The summed E-state index contributed by atoms with van der Waals surface area (Å²) in [5.74, 6) is -2.79. The maximum atomic E-state index is 13.2. The number of anilines is 1. The third-order valence-corrected chi connectivity index (χ3v) is 4.55. The average molecular weight is 315 g/mol. The van der Waals surface area contributed by atoms with Gasteiger partial charge in [0.15, 0.2) is 11.6 Å². The van der Waals surface area contributed by atoms with Crippen LogP contribution in [0.25, 0.3) is 0 Å². The Morgan fingerprint density at radius 3 is 2.00 bits per heavy atom. The van der Waals surface area contributed by atoms with Gasteiger partial charge in [-0.25, -0.2) is 21.6 Å². The van der Waals surface area contributed by atoms with Gasteiger partial charge in [0.1, 0.15) is 5.82 Å². The van der Waals surface area contributed by atoms with Gasteiger partial charge in [-0.3, -0.25) is 4.72 Å². The number of hydrogen-bond donors (Lipinski definition) is 1. The largest absolute Gasteiger partial charge is 0.280 e. The zero-order valence-corrected chi connectivity index (χ0v) is 12.1. The number of sulfonamides is 1. The molecule has 0 unspecified atom stereocenters. The summed E-state index contributed by atoms with van der Waals surface area (Å²) in [5.41, 5.74) is 0.335. The Hall–Kier alpha value is -2.02. The van der Waals surface area contributed by atoms with Crippen LogP contribution in [0.1, 0.15) is 11.1 Å². The van der Waals surface area contributed by atoms with Gasteiger partial charge in [0.05, 0.1) is 10.6 Å². The maximum Gasteiger partial charge on any atom is 0.262 e. The SMILES string of the molecule is Cc1cc(F)cc(C)c1S(=O)(=O)Nc1ccc(F)c(F)c1. The summed E-state index contributed by atoms with van der Waals surface area (Å²) in [5, 5.41) is 0. The molecule has 112 valence electrons. The summed E-state index contributed by atoms with van der Waals surface area (Å²) in [4.78, 5) is -0.0892. The minimum Gasteiger partial charge on any atom is -0.280 e. The molecule has 1 N–H and O–H groups in total. The fourth-order valence-electron chi connectivity index (χ4n) is 2.09. The molecule has 0 spiro atoms. The van der Waals surface area contributed by atoms with E-state index in [0.717, 1.165) is 30.3 Å². The number of nitrogens with one attached hydrogen (secondary N) is 1. The first-order valence-electron chi connectivity index (χ1n) is 5.95. The second-order valence-corrected chi connectivity index (χ2v) is 6.22. The van der Waals surface area contributed by atoms with Crippen molar-refractivity contribution in [1.82, 2.24) is 0 Å². The molecule has 0 heterocycles. The summed E-state index contributed by atoms with van der Waals surface area (Å²) in [6.07, 6.45) is 0. The minimum absolute atomic E-state index is 0.0892. The predicted octanol–water partition coefficient (Wildman–Crippen LogP) is 3.52. The van der Waals surface area contributed by atoms with Crippen molar-refractivity contribution in [1.29, 1.82) is 0 Å². The average Bonchev–Trinajstić information content (AvgIpc) is 2.31. The van der Waals surface area contributed by atoms with Crippen molar-refractivity contribution in [2.45, 2.75) is 18.7 Å². The molecule has 0 saturated carbocycles. The van der Waals surface area contributed by atoms with Crippen LogP contribution in [0.3, 0.4) is 0 Å². The quantitative estimate of drug-likeness (QED) is 0.942. The molecule has 2 rings (SSSR count). The van der Waals surface area contributed by atoms with Crippen LogP contribution in [-0.2, 0) is 10.0 Å². The van der Waals surface area contributed by atoms with Gasteiger partial charge < -0.3 is 0 Å². The molecular weight excluding hydrogens is 303 g/mol. The van der Waals surface area contributed by atoms with E-state index in [-0.39, 0.29) is 21.7 Å². The summed E-state index contributed by atoms with van der Waals surface area (Å²) in [7, 11) is -4.03. The van der Waals surface area contributed by atoms with Gasteiger partial charge in [-0.05, 0) is 49.2 Å². The molecular formula is C14H12F3NO2S. The lowest BCUT2D eigenvalue weighted by Gasteiger charge is -2.13. The Morgan fingerprint density at radius 2 is 1.48 bits per heavy atom. The van der Waals surface area contributed by atoms with Gasteiger partial charge in [-0.1, -0.05) is 0 Å². The van der Waals surface area contributed by atoms with Crippen LogP contribution in [0.15, 0.2) is 35.2 Å². The number of halogens is 3. The molecule has 0 aliphatic heterocycles. The second-order valence-electron chi connectivity index (χ2n) is 4.60. The highest BCUT2D eigenvalue weighted by Crippen LogP contribution is 2.24. The molecule has 0 fully saturated rings. The summed E-state index contributed by atoms with van der Waals surface area (Å²) < 4.78 is 65.9. The van der Waals surface area contributed by atoms with Gasteiger partial charge in [0, 0.05) is 6.07 Å². The van der Waals surface area contributed by atoms with E-state index in [1.165, 1.54) is 13.8 Å². The lowest BCUT2D eigenvalue weighted by atomic mass is 10.1. The Bertz CT molecular complexity index is 781. The molecule has 21 heavy (non-hydrogen) atoms. The van der Waals surface area contributed by atoms with Crippen LogP contribution < -0.4 is 4.72 Å². The molecule has 0 saturated heterocycles. The first kappa shape index (κ1) is 15.4. The van der Waals surface area contributed by atoms with Crippen LogP contribution in [0.2, 0.25) is 0 Å². The van der Waals surface area contributed by atoms with E-state index >= 15 is 0 Å². The molecule has 0 aliphatic rings. The Labute approximate surface area is 120 Å². The van der Waals surface area contributed by atoms with Crippen molar-refractivity contribution < 1.29 is 21.6 Å². The van der Waals surface area contributed by atoms with Crippen molar-refractivity contribution in [3.63, 3.8) is 0 Å². The van der Waals surface area contributed by atoms with Gasteiger partial charge >= 0.3 is 0 Å². The number of hydrogen-bond acceptors (Lipinski definition) is 2. The molecule has 0 aliphatic carbocycles. The molecule has 3 nitrogen and oxygen atoms in total. The third kappa shape index (κ3) is 3.18. The smallest absolute Gasteiger partial charge is 0.262 e. The molecule has 0 aromatic heterocycles. The highest BCUT2D eigenvalue weighted by atomic mass is 32.2. The summed E-state index contributed by atoms with van der Waals surface area (Å²) >= 11 is 0. The highest BCUT2D eigenvalue weighted by molar-refractivity contribution is 7.92.